The number of amides is 1. The van der Waals surface area contributed by atoms with Gasteiger partial charge in [0.25, 0.3) is 5.91 Å². The number of hydrogen-bond donors (Lipinski definition) is 2. The first-order chi connectivity index (χ1) is 8.72. The lowest BCUT2D eigenvalue weighted by molar-refractivity contribution is 0.0945. The van der Waals surface area contributed by atoms with E-state index in [2.05, 4.69) is 5.32 Å². The van der Waals surface area contributed by atoms with Crippen molar-refractivity contribution in [1.82, 2.24) is 5.32 Å². The van der Waals surface area contributed by atoms with Crippen LogP contribution in [0.3, 0.4) is 0 Å². The molecule has 0 bridgehead atoms. The number of rotatable bonds is 2. The van der Waals surface area contributed by atoms with Crippen LogP contribution in [-0.4, -0.2) is 23.5 Å². The summed E-state index contributed by atoms with van der Waals surface area (Å²) in [5, 5.41) is 4.14. The van der Waals surface area contributed by atoms with E-state index in [1.54, 1.807) is 0 Å². The van der Waals surface area contributed by atoms with Crippen LogP contribution in [0, 0.1) is 0 Å². The van der Waals surface area contributed by atoms with Crippen LogP contribution in [-0.2, 0) is 0 Å². The molecule has 2 heterocycles. The van der Waals surface area contributed by atoms with Crippen molar-refractivity contribution in [2.45, 2.75) is 12.5 Å². The molecule has 0 spiro atoms. The zero-order chi connectivity index (χ0) is 12.5. The summed E-state index contributed by atoms with van der Waals surface area (Å²) < 4.78 is 1.11. The van der Waals surface area contributed by atoms with E-state index in [4.69, 9.17) is 5.73 Å². The smallest absolute Gasteiger partial charge is 0.261 e. The normalized spacial score (nSPS) is 19.2. The molecule has 94 valence electrons. The minimum Gasteiger partial charge on any atom is -0.399 e. The average Bonchev–Trinajstić information content (AvgIpc) is 2.96. The van der Waals surface area contributed by atoms with Crippen molar-refractivity contribution in [2.24, 2.45) is 0 Å². The third-order valence-electron chi connectivity index (χ3n) is 3.03. The van der Waals surface area contributed by atoms with Crippen LogP contribution in [0.1, 0.15) is 16.1 Å². The highest BCUT2D eigenvalue weighted by molar-refractivity contribution is 7.99. The number of hydrogen-bond acceptors (Lipinski definition) is 4. The van der Waals surface area contributed by atoms with Crippen LogP contribution in [0.2, 0.25) is 0 Å². The molecule has 1 aromatic heterocycles. The molecule has 1 saturated heterocycles. The largest absolute Gasteiger partial charge is 0.399 e. The molecule has 3 nitrogen and oxygen atoms in total. The van der Waals surface area contributed by atoms with Gasteiger partial charge in [-0.15, -0.1) is 11.3 Å². The monoisotopic (exact) mass is 278 g/mol. The highest BCUT2D eigenvalue weighted by Crippen LogP contribution is 2.27. The number of nitrogens with one attached hydrogen (secondary N) is 1. The molecule has 3 rings (SSSR count). The molecule has 1 aliphatic heterocycles. The number of nitrogens with two attached hydrogens (primary N) is 1. The van der Waals surface area contributed by atoms with Gasteiger partial charge in [-0.25, -0.2) is 0 Å². The van der Waals surface area contributed by atoms with Gasteiger partial charge in [0, 0.05) is 22.2 Å². The van der Waals surface area contributed by atoms with Crippen molar-refractivity contribution in [3.8, 4) is 0 Å². The van der Waals surface area contributed by atoms with E-state index in [1.165, 1.54) is 11.3 Å². The third-order valence-corrected chi connectivity index (χ3v) is 5.31. The summed E-state index contributed by atoms with van der Waals surface area (Å²) in [7, 11) is 0. The first-order valence-electron chi connectivity index (χ1n) is 5.90. The Hall–Kier alpha value is -1.20. The fourth-order valence-electron chi connectivity index (χ4n) is 2.08. The second kappa shape index (κ2) is 4.82. The number of thiophene rings is 1. The van der Waals surface area contributed by atoms with Gasteiger partial charge < -0.3 is 11.1 Å². The maximum absolute atomic E-state index is 12.1. The van der Waals surface area contributed by atoms with E-state index >= 15 is 0 Å². The number of fused-ring (bicyclic) bond motifs is 1. The van der Waals surface area contributed by atoms with E-state index in [1.807, 2.05) is 36.0 Å². The zero-order valence-corrected chi connectivity index (χ0v) is 11.4. The van der Waals surface area contributed by atoms with Crippen molar-refractivity contribution in [3.05, 3.63) is 29.1 Å². The van der Waals surface area contributed by atoms with Crippen LogP contribution >= 0.6 is 23.1 Å². The third kappa shape index (κ3) is 2.33. The molecule has 2 aromatic rings. The number of nitrogen functional groups attached to an aromatic ring is 1. The Bertz CT molecular complexity index is 588. The lowest BCUT2D eigenvalue weighted by atomic mass is 10.2. The van der Waals surface area contributed by atoms with Crippen molar-refractivity contribution in [3.63, 3.8) is 0 Å². The van der Waals surface area contributed by atoms with Gasteiger partial charge in [-0.05, 0) is 41.8 Å². The van der Waals surface area contributed by atoms with Crippen molar-refractivity contribution >= 4 is 44.8 Å². The lowest BCUT2D eigenvalue weighted by Crippen LogP contribution is -2.34. The van der Waals surface area contributed by atoms with Gasteiger partial charge in [0.05, 0.1) is 4.88 Å². The topological polar surface area (TPSA) is 55.1 Å². The number of anilines is 1. The Balaban J connectivity index is 1.82. The van der Waals surface area contributed by atoms with Crippen molar-refractivity contribution in [2.75, 3.05) is 17.2 Å². The number of benzene rings is 1. The maximum Gasteiger partial charge on any atom is 0.261 e. The molecular formula is C13H14N2OS2. The predicted molar refractivity (Wildman–Crippen MR) is 79.4 cm³/mol. The average molecular weight is 278 g/mol. The number of thioether (sulfide) groups is 1. The summed E-state index contributed by atoms with van der Waals surface area (Å²) in [6, 6.07) is 8.01. The molecule has 1 unspecified atom stereocenters. The van der Waals surface area contributed by atoms with E-state index in [0.29, 0.717) is 6.04 Å². The summed E-state index contributed by atoms with van der Waals surface area (Å²) in [5.41, 5.74) is 6.48. The molecule has 1 amide bonds. The van der Waals surface area contributed by atoms with Gasteiger partial charge in [-0.1, -0.05) is 0 Å². The molecular weight excluding hydrogens is 264 g/mol. The Morgan fingerprint density at radius 3 is 3.06 bits per heavy atom. The Labute approximate surface area is 114 Å². The van der Waals surface area contributed by atoms with Crippen LogP contribution in [0.5, 0.6) is 0 Å². The zero-order valence-electron chi connectivity index (χ0n) is 9.81. The fourth-order valence-corrected chi connectivity index (χ4v) is 4.18. The van der Waals surface area contributed by atoms with Crippen LogP contribution < -0.4 is 11.1 Å². The van der Waals surface area contributed by atoms with E-state index < -0.39 is 0 Å². The summed E-state index contributed by atoms with van der Waals surface area (Å²) in [6.07, 6.45) is 1.08. The molecule has 0 radical (unpaired) electrons. The molecule has 0 saturated carbocycles. The molecule has 1 aromatic carbocycles. The van der Waals surface area contributed by atoms with E-state index in [-0.39, 0.29) is 5.91 Å². The highest BCUT2D eigenvalue weighted by atomic mass is 32.2. The minimum absolute atomic E-state index is 0.0438. The molecule has 1 aliphatic rings. The van der Waals surface area contributed by atoms with Crippen molar-refractivity contribution < 1.29 is 4.79 Å². The molecule has 3 N–H and O–H groups in total. The summed E-state index contributed by atoms with van der Waals surface area (Å²) in [4.78, 5) is 12.9. The van der Waals surface area contributed by atoms with Crippen molar-refractivity contribution in [1.29, 1.82) is 0 Å². The fraction of sp³-hybridized carbons (Fsp3) is 0.308. The second-order valence-electron chi connectivity index (χ2n) is 4.44. The van der Waals surface area contributed by atoms with Crippen LogP contribution in [0.25, 0.3) is 10.1 Å². The number of carbonyl (C=O) groups excluding carboxylic acids is 1. The Morgan fingerprint density at radius 1 is 1.39 bits per heavy atom. The molecule has 5 heteroatoms. The standard InChI is InChI=1S/C13H14N2OS2/c14-9-1-2-11-8(5-9)6-12(18-11)13(16)15-10-3-4-17-7-10/h1-2,5-6,10H,3-4,7,14H2,(H,15,16). The van der Waals surface area contributed by atoms with Crippen LogP contribution in [0.4, 0.5) is 5.69 Å². The quantitative estimate of drug-likeness (QED) is 0.831. The summed E-state index contributed by atoms with van der Waals surface area (Å²) in [5.74, 6) is 2.22. The van der Waals surface area contributed by atoms with Gasteiger partial charge in [0.15, 0.2) is 0 Å². The second-order valence-corrected chi connectivity index (χ2v) is 6.68. The van der Waals surface area contributed by atoms with E-state index in [9.17, 15) is 4.79 Å². The Morgan fingerprint density at radius 2 is 2.28 bits per heavy atom. The summed E-state index contributed by atoms with van der Waals surface area (Å²) in [6.45, 7) is 0. The molecule has 1 fully saturated rings. The first kappa shape index (κ1) is 11.9. The molecule has 0 aliphatic carbocycles. The first-order valence-corrected chi connectivity index (χ1v) is 7.87. The molecule has 18 heavy (non-hydrogen) atoms. The van der Waals surface area contributed by atoms with E-state index in [0.717, 1.165) is 38.6 Å². The van der Waals surface area contributed by atoms with Crippen LogP contribution in [0.15, 0.2) is 24.3 Å². The summed E-state index contributed by atoms with van der Waals surface area (Å²) >= 11 is 3.42. The SMILES string of the molecule is Nc1ccc2sc(C(=O)NC3CCSC3)cc2c1. The number of carbonyl (C=O) groups is 1. The van der Waals surface area contributed by atoms with Gasteiger partial charge in [-0.2, -0.15) is 11.8 Å². The predicted octanol–water partition coefficient (Wildman–Crippen LogP) is 2.72. The van der Waals surface area contributed by atoms with Gasteiger partial charge >= 0.3 is 0 Å². The van der Waals surface area contributed by atoms with Gasteiger partial charge in [-0.3, -0.25) is 4.79 Å². The molecule has 1 atom stereocenters. The lowest BCUT2D eigenvalue weighted by Gasteiger charge is -2.09. The van der Waals surface area contributed by atoms with Gasteiger partial charge in [0.1, 0.15) is 0 Å². The highest BCUT2D eigenvalue weighted by Gasteiger charge is 2.19. The Kier molecular flexibility index (Phi) is 3.18. The minimum atomic E-state index is 0.0438. The maximum atomic E-state index is 12.1. The van der Waals surface area contributed by atoms with Gasteiger partial charge in [0.2, 0.25) is 0 Å².